The van der Waals surface area contributed by atoms with Crippen molar-refractivity contribution in [3.63, 3.8) is 0 Å². The lowest BCUT2D eigenvalue weighted by Crippen LogP contribution is -2.54. The normalized spacial score (nSPS) is 21.1. The number of ether oxygens (including phenoxy) is 1. The summed E-state index contributed by atoms with van der Waals surface area (Å²) < 4.78 is 11.1. The summed E-state index contributed by atoms with van der Waals surface area (Å²) in [5, 5.41) is 0. The van der Waals surface area contributed by atoms with Gasteiger partial charge in [0.1, 0.15) is 5.76 Å². The van der Waals surface area contributed by atoms with Gasteiger partial charge in [0.2, 0.25) is 0 Å². The van der Waals surface area contributed by atoms with Crippen molar-refractivity contribution in [2.75, 3.05) is 7.11 Å². The Morgan fingerprint density at radius 3 is 2.81 bits per heavy atom. The van der Waals surface area contributed by atoms with Crippen LogP contribution in [0.5, 0.6) is 0 Å². The highest BCUT2D eigenvalue weighted by Gasteiger charge is 2.41. The van der Waals surface area contributed by atoms with E-state index >= 15 is 0 Å². The van der Waals surface area contributed by atoms with Crippen molar-refractivity contribution < 1.29 is 9.15 Å². The Morgan fingerprint density at radius 2 is 2.31 bits per heavy atom. The van der Waals surface area contributed by atoms with E-state index in [-0.39, 0.29) is 11.6 Å². The Kier molecular flexibility index (Phi) is 3.63. The first kappa shape index (κ1) is 11.6. The molecule has 2 rings (SSSR count). The Balaban J connectivity index is 2.08. The molecule has 1 heterocycles. The van der Waals surface area contributed by atoms with Crippen LogP contribution in [0.2, 0.25) is 0 Å². The van der Waals surface area contributed by atoms with Gasteiger partial charge in [-0.15, -0.1) is 0 Å². The molecule has 4 heteroatoms. The maximum Gasteiger partial charge on any atom is 0.105 e. The lowest BCUT2D eigenvalue weighted by Gasteiger charge is -2.35. The number of hydrazine groups is 1. The molecule has 0 bridgehead atoms. The molecule has 3 N–H and O–H groups in total. The van der Waals surface area contributed by atoms with Gasteiger partial charge in [-0.3, -0.25) is 11.3 Å². The Morgan fingerprint density at radius 1 is 1.56 bits per heavy atom. The van der Waals surface area contributed by atoms with E-state index in [9.17, 15) is 0 Å². The molecule has 1 aromatic heterocycles. The zero-order valence-electron chi connectivity index (χ0n) is 9.74. The molecule has 0 aromatic carbocycles. The van der Waals surface area contributed by atoms with Crippen LogP contribution in [0.3, 0.4) is 0 Å². The van der Waals surface area contributed by atoms with Gasteiger partial charge >= 0.3 is 0 Å². The molecule has 4 nitrogen and oxygen atoms in total. The SMILES string of the molecule is COC1(C(Cc2ccco2)NN)CCCC1. The van der Waals surface area contributed by atoms with E-state index in [1.165, 1.54) is 12.8 Å². The monoisotopic (exact) mass is 224 g/mol. The summed E-state index contributed by atoms with van der Waals surface area (Å²) in [7, 11) is 1.78. The average Bonchev–Trinajstić information content (AvgIpc) is 2.97. The van der Waals surface area contributed by atoms with Crippen LogP contribution in [-0.2, 0) is 11.2 Å². The lowest BCUT2D eigenvalue weighted by atomic mass is 9.89. The smallest absolute Gasteiger partial charge is 0.105 e. The fraction of sp³-hybridized carbons (Fsp3) is 0.667. The second kappa shape index (κ2) is 4.99. The van der Waals surface area contributed by atoms with E-state index in [0.29, 0.717) is 0 Å². The van der Waals surface area contributed by atoms with Crippen molar-refractivity contribution in [1.82, 2.24) is 5.43 Å². The molecule has 0 aliphatic heterocycles. The van der Waals surface area contributed by atoms with Crippen molar-refractivity contribution >= 4 is 0 Å². The van der Waals surface area contributed by atoms with Crippen LogP contribution in [0.15, 0.2) is 22.8 Å². The van der Waals surface area contributed by atoms with Gasteiger partial charge in [-0.05, 0) is 25.0 Å². The summed E-state index contributed by atoms with van der Waals surface area (Å²) in [5.74, 6) is 6.61. The fourth-order valence-corrected chi connectivity index (χ4v) is 2.70. The quantitative estimate of drug-likeness (QED) is 0.589. The van der Waals surface area contributed by atoms with Gasteiger partial charge in [0.25, 0.3) is 0 Å². The average molecular weight is 224 g/mol. The van der Waals surface area contributed by atoms with Gasteiger partial charge in [-0.25, -0.2) is 0 Å². The summed E-state index contributed by atoms with van der Waals surface area (Å²) in [4.78, 5) is 0. The fourth-order valence-electron chi connectivity index (χ4n) is 2.70. The molecule has 16 heavy (non-hydrogen) atoms. The Labute approximate surface area is 96.1 Å². The maximum absolute atomic E-state index is 5.72. The first-order valence-corrected chi connectivity index (χ1v) is 5.84. The van der Waals surface area contributed by atoms with Gasteiger partial charge in [-0.2, -0.15) is 0 Å². The number of furan rings is 1. The van der Waals surface area contributed by atoms with Crippen molar-refractivity contribution in [1.29, 1.82) is 0 Å². The maximum atomic E-state index is 5.72. The summed E-state index contributed by atoms with van der Waals surface area (Å²) >= 11 is 0. The molecule has 0 amide bonds. The molecular weight excluding hydrogens is 204 g/mol. The van der Waals surface area contributed by atoms with Gasteiger partial charge in [0, 0.05) is 13.5 Å². The first-order chi connectivity index (χ1) is 7.80. The van der Waals surface area contributed by atoms with Crippen LogP contribution in [0.4, 0.5) is 0 Å². The second-order valence-corrected chi connectivity index (χ2v) is 4.48. The number of hydrogen-bond acceptors (Lipinski definition) is 4. The van der Waals surface area contributed by atoms with Gasteiger partial charge < -0.3 is 9.15 Å². The standard InChI is InChI=1S/C12H20N2O2/c1-15-12(6-2-3-7-12)11(14-13)9-10-5-4-8-16-10/h4-5,8,11,14H,2-3,6-7,9,13H2,1H3. The van der Waals surface area contributed by atoms with Crippen LogP contribution >= 0.6 is 0 Å². The third-order valence-electron chi connectivity index (χ3n) is 3.68. The van der Waals surface area contributed by atoms with Crippen molar-refractivity contribution in [2.24, 2.45) is 5.84 Å². The second-order valence-electron chi connectivity index (χ2n) is 4.48. The molecule has 1 aliphatic carbocycles. The summed E-state index contributed by atoms with van der Waals surface area (Å²) in [6.07, 6.45) is 7.03. The third kappa shape index (κ3) is 2.14. The molecule has 1 saturated carbocycles. The Bertz CT molecular complexity index is 305. The molecule has 1 unspecified atom stereocenters. The highest BCUT2D eigenvalue weighted by molar-refractivity contribution is 5.06. The van der Waals surface area contributed by atoms with E-state index < -0.39 is 0 Å². The number of methoxy groups -OCH3 is 1. The lowest BCUT2D eigenvalue weighted by molar-refractivity contribution is -0.0366. The molecule has 1 aromatic rings. The molecular formula is C12H20N2O2. The van der Waals surface area contributed by atoms with Crippen LogP contribution in [-0.4, -0.2) is 18.8 Å². The minimum Gasteiger partial charge on any atom is -0.469 e. The largest absolute Gasteiger partial charge is 0.469 e. The molecule has 0 saturated heterocycles. The van der Waals surface area contributed by atoms with Crippen molar-refractivity contribution in [3.05, 3.63) is 24.2 Å². The van der Waals surface area contributed by atoms with Gasteiger partial charge in [-0.1, -0.05) is 12.8 Å². The van der Waals surface area contributed by atoms with E-state index in [1.54, 1.807) is 13.4 Å². The summed E-state index contributed by atoms with van der Waals surface area (Å²) in [6, 6.07) is 3.99. The van der Waals surface area contributed by atoms with Gasteiger partial charge in [0.15, 0.2) is 0 Å². The first-order valence-electron chi connectivity index (χ1n) is 5.84. The minimum atomic E-state index is -0.123. The highest BCUT2D eigenvalue weighted by Crippen LogP contribution is 2.36. The van der Waals surface area contributed by atoms with E-state index in [2.05, 4.69) is 5.43 Å². The van der Waals surface area contributed by atoms with Crippen molar-refractivity contribution in [2.45, 2.75) is 43.7 Å². The molecule has 90 valence electrons. The van der Waals surface area contributed by atoms with E-state index in [1.807, 2.05) is 12.1 Å². The minimum absolute atomic E-state index is 0.117. The van der Waals surface area contributed by atoms with E-state index in [0.717, 1.165) is 25.0 Å². The van der Waals surface area contributed by atoms with E-state index in [4.69, 9.17) is 15.0 Å². The predicted molar refractivity (Wildman–Crippen MR) is 61.7 cm³/mol. The molecule has 0 spiro atoms. The topological polar surface area (TPSA) is 60.4 Å². The van der Waals surface area contributed by atoms with Gasteiger partial charge in [0.05, 0.1) is 17.9 Å². The highest BCUT2D eigenvalue weighted by atomic mass is 16.5. The number of nitrogens with two attached hydrogens (primary N) is 1. The van der Waals surface area contributed by atoms with Crippen LogP contribution in [0.25, 0.3) is 0 Å². The zero-order chi connectivity index (χ0) is 11.4. The number of nitrogens with one attached hydrogen (secondary N) is 1. The molecule has 0 radical (unpaired) electrons. The zero-order valence-corrected chi connectivity index (χ0v) is 9.74. The molecule has 1 aliphatic rings. The van der Waals surface area contributed by atoms with Crippen LogP contribution in [0, 0.1) is 0 Å². The van der Waals surface area contributed by atoms with Crippen molar-refractivity contribution in [3.8, 4) is 0 Å². The predicted octanol–water partition coefficient (Wildman–Crippen LogP) is 1.61. The van der Waals surface area contributed by atoms with Crippen LogP contribution in [0.1, 0.15) is 31.4 Å². The third-order valence-corrected chi connectivity index (χ3v) is 3.68. The summed E-state index contributed by atoms with van der Waals surface area (Å²) in [5.41, 5.74) is 2.77. The number of rotatable bonds is 5. The van der Waals surface area contributed by atoms with Crippen LogP contribution < -0.4 is 11.3 Å². The Hall–Kier alpha value is -0.840. The molecule has 1 atom stereocenters. The molecule has 1 fully saturated rings. The summed E-state index contributed by atoms with van der Waals surface area (Å²) in [6.45, 7) is 0. The number of hydrogen-bond donors (Lipinski definition) is 2.